The summed E-state index contributed by atoms with van der Waals surface area (Å²) < 4.78 is 0. The molecule has 0 bridgehead atoms. The van der Waals surface area contributed by atoms with Gasteiger partial charge in [-0.25, -0.2) is 4.79 Å². The number of carbonyl (C=O) groups is 1. The van der Waals surface area contributed by atoms with E-state index in [1.54, 1.807) is 0 Å². The molecule has 164 valence electrons. The van der Waals surface area contributed by atoms with Gasteiger partial charge in [0.2, 0.25) is 0 Å². The number of pyridine rings is 1. The minimum absolute atomic E-state index is 0.214. The fraction of sp³-hybridized carbons (Fsp3) is 0.308. The Hall–Kier alpha value is -3.38. The van der Waals surface area contributed by atoms with Crippen molar-refractivity contribution in [2.24, 2.45) is 11.8 Å². The zero-order valence-corrected chi connectivity index (χ0v) is 18.0. The lowest BCUT2D eigenvalue weighted by Gasteiger charge is -2.23. The Labute approximate surface area is 186 Å². The van der Waals surface area contributed by atoms with Gasteiger partial charge in [0.1, 0.15) is 5.56 Å². The zero-order valence-electron chi connectivity index (χ0n) is 18.0. The third-order valence-corrected chi connectivity index (χ3v) is 6.83. The second-order valence-electron chi connectivity index (χ2n) is 8.74. The van der Waals surface area contributed by atoms with E-state index in [-0.39, 0.29) is 5.56 Å². The van der Waals surface area contributed by atoms with E-state index >= 15 is 0 Å². The highest BCUT2D eigenvalue weighted by Gasteiger charge is 2.55. The van der Waals surface area contributed by atoms with E-state index in [2.05, 4.69) is 51.6 Å². The molecule has 0 radical (unpaired) electrons. The zero-order chi connectivity index (χ0) is 22.2. The molecule has 6 nitrogen and oxygen atoms in total. The van der Waals surface area contributed by atoms with Gasteiger partial charge in [-0.2, -0.15) is 0 Å². The number of carboxylic acid groups (broad SMARTS) is 1. The Morgan fingerprint density at radius 3 is 2.41 bits per heavy atom. The molecule has 2 aromatic carbocycles. The van der Waals surface area contributed by atoms with Crippen LogP contribution in [0.2, 0.25) is 0 Å². The summed E-state index contributed by atoms with van der Waals surface area (Å²) in [4.78, 5) is 28.6. The second-order valence-corrected chi connectivity index (χ2v) is 8.74. The van der Waals surface area contributed by atoms with Crippen LogP contribution >= 0.6 is 0 Å². The van der Waals surface area contributed by atoms with Crippen molar-refractivity contribution < 1.29 is 9.90 Å². The van der Waals surface area contributed by atoms with Crippen LogP contribution in [-0.4, -0.2) is 35.2 Å². The van der Waals surface area contributed by atoms with Crippen molar-refractivity contribution in [2.75, 3.05) is 18.0 Å². The number of rotatable bonds is 7. The molecule has 6 heteroatoms. The summed E-state index contributed by atoms with van der Waals surface area (Å²) >= 11 is 0. The quantitative estimate of drug-likeness (QED) is 0.535. The Morgan fingerprint density at radius 1 is 1.09 bits per heavy atom. The standard InChI is InChI=1S/C26H27N3O3/c1-2-17-12-20(26(31)32)25(30)28-23(17)18-8-10-19(11-9-18)29-14-21-22(15-29)24(21)27-13-16-6-4-3-5-7-16/h3-12,21-22,24,27H,2,13-15H2,1H3,(H,28,30)(H,31,32)/t21-,22+,24-. The maximum Gasteiger partial charge on any atom is 0.341 e. The fourth-order valence-corrected chi connectivity index (χ4v) is 4.98. The van der Waals surface area contributed by atoms with Crippen LogP contribution in [0, 0.1) is 11.8 Å². The van der Waals surface area contributed by atoms with Crippen molar-refractivity contribution in [1.29, 1.82) is 0 Å². The van der Waals surface area contributed by atoms with Crippen LogP contribution in [0.15, 0.2) is 65.5 Å². The van der Waals surface area contributed by atoms with Crippen LogP contribution in [-0.2, 0) is 13.0 Å². The van der Waals surface area contributed by atoms with Gasteiger partial charge in [-0.05, 0) is 53.1 Å². The highest BCUT2D eigenvalue weighted by Crippen LogP contribution is 2.47. The van der Waals surface area contributed by atoms with E-state index in [1.165, 1.54) is 17.3 Å². The average Bonchev–Trinajstić information content (AvgIpc) is 3.26. The molecule has 2 aliphatic rings. The van der Waals surface area contributed by atoms with Gasteiger partial charge in [-0.1, -0.05) is 49.4 Å². The molecule has 0 spiro atoms. The molecule has 3 atom stereocenters. The number of carboxylic acids is 1. The number of aromatic carboxylic acids is 1. The molecule has 2 heterocycles. The number of nitrogens with one attached hydrogen (secondary N) is 2. The van der Waals surface area contributed by atoms with E-state index in [1.807, 2.05) is 25.1 Å². The third kappa shape index (κ3) is 3.82. The van der Waals surface area contributed by atoms with Crippen LogP contribution in [0.25, 0.3) is 11.3 Å². The molecule has 1 aliphatic carbocycles. The predicted octanol–water partition coefficient (Wildman–Crippen LogP) is 3.53. The van der Waals surface area contributed by atoms with Crippen molar-refractivity contribution in [2.45, 2.75) is 25.9 Å². The van der Waals surface area contributed by atoms with Gasteiger partial charge >= 0.3 is 5.97 Å². The number of aryl methyl sites for hydroxylation is 1. The van der Waals surface area contributed by atoms with Gasteiger partial charge in [0.05, 0.1) is 5.69 Å². The van der Waals surface area contributed by atoms with E-state index in [4.69, 9.17) is 0 Å². The van der Waals surface area contributed by atoms with Crippen molar-refractivity contribution in [1.82, 2.24) is 10.3 Å². The van der Waals surface area contributed by atoms with Gasteiger partial charge in [0.25, 0.3) is 5.56 Å². The summed E-state index contributed by atoms with van der Waals surface area (Å²) in [6.07, 6.45) is 0.640. The molecule has 1 aliphatic heterocycles. The third-order valence-electron chi connectivity index (χ3n) is 6.83. The van der Waals surface area contributed by atoms with E-state index in [0.717, 1.165) is 30.8 Å². The predicted molar refractivity (Wildman–Crippen MR) is 125 cm³/mol. The Kier molecular flexibility index (Phi) is 5.31. The summed E-state index contributed by atoms with van der Waals surface area (Å²) in [5.74, 6) is 0.196. The summed E-state index contributed by atoms with van der Waals surface area (Å²) in [6, 6.07) is 20.8. The summed E-state index contributed by atoms with van der Waals surface area (Å²) in [6.45, 7) is 4.99. The Bertz CT molecular complexity index is 1180. The molecular formula is C26H27N3O3. The SMILES string of the molecule is CCc1cc(C(=O)O)c(=O)[nH]c1-c1ccc(N2C[C@@H]3[C@H](C2)[C@@H]3NCc2ccccc2)cc1. The molecule has 32 heavy (non-hydrogen) atoms. The normalized spacial score (nSPS) is 21.4. The van der Waals surface area contributed by atoms with Crippen LogP contribution in [0.5, 0.6) is 0 Å². The van der Waals surface area contributed by atoms with E-state index in [9.17, 15) is 14.7 Å². The van der Waals surface area contributed by atoms with Crippen molar-refractivity contribution in [3.05, 3.63) is 87.7 Å². The van der Waals surface area contributed by atoms with Crippen molar-refractivity contribution in [3.63, 3.8) is 0 Å². The maximum atomic E-state index is 12.2. The van der Waals surface area contributed by atoms with Crippen LogP contribution in [0.1, 0.15) is 28.4 Å². The van der Waals surface area contributed by atoms with Gasteiger partial charge in [-0.3, -0.25) is 4.79 Å². The van der Waals surface area contributed by atoms with Crippen LogP contribution in [0.4, 0.5) is 5.69 Å². The largest absolute Gasteiger partial charge is 0.477 e. The van der Waals surface area contributed by atoms with Gasteiger partial charge in [-0.15, -0.1) is 0 Å². The number of piperidine rings is 1. The Balaban J connectivity index is 1.24. The first-order chi connectivity index (χ1) is 15.5. The minimum atomic E-state index is -1.20. The minimum Gasteiger partial charge on any atom is -0.477 e. The van der Waals surface area contributed by atoms with Gasteiger partial charge in [0, 0.05) is 31.4 Å². The molecule has 2 fully saturated rings. The number of hydrogen-bond donors (Lipinski definition) is 3. The van der Waals surface area contributed by atoms with Crippen molar-refractivity contribution in [3.8, 4) is 11.3 Å². The highest BCUT2D eigenvalue weighted by atomic mass is 16.4. The molecule has 0 amide bonds. The number of fused-ring (bicyclic) bond motifs is 1. The second kappa shape index (κ2) is 8.28. The topological polar surface area (TPSA) is 85.4 Å². The first-order valence-corrected chi connectivity index (χ1v) is 11.2. The molecule has 3 N–H and O–H groups in total. The molecule has 3 aromatic rings. The lowest BCUT2D eigenvalue weighted by molar-refractivity contribution is 0.0695. The van der Waals surface area contributed by atoms with Crippen LogP contribution < -0.4 is 15.8 Å². The maximum absolute atomic E-state index is 12.2. The first-order valence-electron chi connectivity index (χ1n) is 11.2. The smallest absolute Gasteiger partial charge is 0.341 e. The van der Waals surface area contributed by atoms with E-state index in [0.29, 0.717) is 30.0 Å². The number of anilines is 1. The van der Waals surface area contributed by atoms with Crippen LogP contribution in [0.3, 0.4) is 0 Å². The monoisotopic (exact) mass is 429 g/mol. The summed E-state index contributed by atoms with van der Waals surface area (Å²) in [5, 5.41) is 12.9. The van der Waals surface area contributed by atoms with Gasteiger partial charge in [0.15, 0.2) is 0 Å². The number of aromatic nitrogens is 1. The number of hydrogen-bond acceptors (Lipinski definition) is 4. The number of aromatic amines is 1. The lowest BCUT2D eigenvalue weighted by atomic mass is 10.0. The highest BCUT2D eigenvalue weighted by molar-refractivity contribution is 5.88. The number of nitrogens with zero attached hydrogens (tertiary/aromatic N) is 1. The molecule has 1 saturated carbocycles. The number of benzene rings is 2. The lowest BCUT2D eigenvalue weighted by Crippen LogP contribution is -2.31. The van der Waals surface area contributed by atoms with E-state index < -0.39 is 11.5 Å². The number of H-pyrrole nitrogens is 1. The first kappa shape index (κ1) is 20.5. The van der Waals surface area contributed by atoms with Gasteiger partial charge < -0.3 is 20.3 Å². The molecule has 0 unspecified atom stereocenters. The Morgan fingerprint density at radius 2 is 1.78 bits per heavy atom. The molecular weight excluding hydrogens is 402 g/mol. The summed E-state index contributed by atoms with van der Waals surface area (Å²) in [5.41, 5.74) is 4.15. The fourth-order valence-electron chi connectivity index (χ4n) is 4.98. The summed E-state index contributed by atoms with van der Waals surface area (Å²) in [7, 11) is 0. The average molecular weight is 430 g/mol. The molecule has 1 saturated heterocycles. The van der Waals surface area contributed by atoms with Crippen molar-refractivity contribution >= 4 is 11.7 Å². The molecule has 1 aromatic heterocycles. The molecule has 5 rings (SSSR count).